The molecular weight excluding hydrogens is 431 g/mol. The monoisotopic (exact) mass is 462 g/mol. The minimum atomic E-state index is 0. The van der Waals surface area contributed by atoms with Gasteiger partial charge < -0.3 is 19.9 Å². The number of hydrogen-bond acceptors (Lipinski definition) is 4. The summed E-state index contributed by atoms with van der Waals surface area (Å²) in [5.74, 6) is 1.90. The first kappa shape index (κ1) is 20.4. The zero-order valence-corrected chi connectivity index (χ0v) is 17.8. The molecule has 1 spiro atoms. The lowest BCUT2D eigenvalue weighted by Gasteiger charge is -2.61. The summed E-state index contributed by atoms with van der Waals surface area (Å²) < 4.78 is 8.00. The predicted octanol–water partition coefficient (Wildman–Crippen LogP) is 1.97. The Hall–Kier alpha value is -0.900. The Bertz CT molecular complexity index is 571. The highest BCUT2D eigenvalue weighted by Gasteiger charge is 2.59. The first-order valence-electron chi connectivity index (χ1n) is 9.19. The highest BCUT2D eigenvalue weighted by molar-refractivity contribution is 14.0. The molecule has 3 rings (SSSR count). The van der Waals surface area contributed by atoms with Gasteiger partial charge in [0.15, 0.2) is 5.96 Å². The molecule has 1 aromatic rings. The standard InChI is InChI=1S/C17H30N6O.HI/c1-4-15-22-20-12-23(15)10-9-19-16(18-3)21-13-11-14(24-5-2)17(13)7-6-8-17;/h12-14H,4-11H2,1-3H3,(H2,18,19,21);1H. The van der Waals surface area contributed by atoms with Gasteiger partial charge in [-0.1, -0.05) is 13.3 Å². The van der Waals surface area contributed by atoms with Crippen molar-refractivity contribution in [2.24, 2.45) is 10.4 Å². The zero-order valence-electron chi connectivity index (χ0n) is 15.5. The average molecular weight is 462 g/mol. The number of halogens is 1. The van der Waals surface area contributed by atoms with Crippen LogP contribution in [0.5, 0.6) is 0 Å². The van der Waals surface area contributed by atoms with Gasteiger partial charge in [-0.2, -0.15) is 0 Å². The van der Waals surface area contributed by atoms with Gasteiger partial charge in [0.2, 0.25) is 0 Å². The van der Waals surface area contributed by atoms with E-state index in [1.807, 2.05) is 7.05 Å². The van der Waals surface area contributed by atoms with E-state index in [2.05, 4.69) is 44.2 Å². The molecule has 25 heavy (non-hydrogen) atoms. The Kier molecular flexibility index (Phi) is 7.48. The lowest BCUT2D eigenvalue weighted by atomic mass is 9.51. The largest absolute Gasteiger partial charge is 0.378 e. The van der Waals surface area contributed by atoms with E-state index in [1.54, 1.807) is 6.33 Å². The van der Waals surface area contributed by atoms with E-state index < -0.39 is 0 Å². The fraction of sp³-hybridized carbons (Fsp3) is 0.824. The molecule has 2 fully saturated rings. The highest BCUT2D eigenvalue weighted by Crippen LogP contribution is 2.57. The van der Waals surface area contributed by atoms with Crippen LogP contribution in [0.25, 0.3) is 0 Å². The van der Waals surface area contributed by atoms with E-state index >= 15 is 0 Å². The summed E-state index contributed by atoms with van der Waals surface area (Å²) in [4.78, 5) is 4.38. The molecule has 0 aromatic carbocycles. The van der Waals surface area contributed by atoms with Gasteiger partial charge in [0.25, 0.3) is 0 Å². The van der Waals surface area contributed by atoms with Crippen LogP contribution in [0.4, 0.5) is 0 Å². The van der Waals surface area contributed by atoms with Crippen LogP contribution in [0, 0.1) is 5.41 Å². The molecule has 0 saturated heterocycles. The topological polar surface area (TPSA) is 76.4 Å². The van der Waals surface area contributed by atoms with E-state index in [0.29, 0.717) is 17.6 Å². The lowest BCUT2D eigenvalue weighted by Crippen LogP contribution is -2.68. The summed E-state index contributed by atoms with van der Waals surface area (Å²) in [6, 6.07) is 0.482. The third kappa shape index (κ3) is 4.10. The Morgan fingerprint density at radius 1 is 1.44 bits per heavy atom. The molecule has 2 saturated carbocycles. The second-order valence-corrected chi connectivity index (χ2v) is 6.76. The minimum Gasteiger partial charge on any atom is -0.378 e. The van der Waals surface area contributed by atoms with Gasteiger partial charge in [-0.05, 0) is 26.2 Å². The molecule has 2 atom stereocenters. The fourth-order valence-corrected chi connectivity index (χ4v) is 4.03. The number of rotatable bonds is 7. The van der Waals surface area contributed by atoms with Gasteiger partial charge in [0, 0.05) is 44.6 Å². The maximum Gasteiger partial charge on any atom is 0.191 e. The van der Waals surface area contributed by atoms with Crippen molar-refractivity contribution in [2.75, 3.05) is 20.2 Å². The Labute approximate surface area is 167 Å². The number of hydrogen-bond donors (Lipinski definition) is 2. The zero-order chi connectivity index (χ0) is 17.0. The van der Waals surface area contributed by atoms with Crippen molar-refractivity contribution >= 4 is 29.9 Å². The maximum atomic E-state index is 5.92. The van der Waals surface area contributed by atoms with E-state index in [0.717, 1.165) is 44.3 Å². The molecule has 1 aromatic heterocycles. The summed E-state index contributed by atoms with van der Waals surface area (Å²) in [5.41, 5.74) is 0.345. The lowest BCUT2D eigenvalue weighted by molar-refractivity contribution is -0.168. The Balaban J connectivity index is 0.00000225. The molecule has 2 N–H and O–H groups in total. The quantitative estimate of drug-likeness (QED) is 0.368. The molecule has 2 aliphatic carbocycles. The third-order valence-electron chi connectivity index (χ3n) is 5.63. The van der Waals surface area contributed by atoms with Crippen molar-refractivity contribution in [2.45, 2.75) is 64.6 Å². The van der Waals surface area contributed by atoms with E-state index in [-0.39, 0.29) is 24.0 Å². The van der Waals surface area contributed by atoms with Crippen molar-refractivity contribution in [3.05, 3.63) is 12.2 Å². The SMILES string of the molecule is CCOC1CC(NC(=NC)NCCn2cnnc2CC)C12CCC2.I. The summed E-state index contributed by atoms with van der Waals surface area (Å²) in [6.07, 6.45) is 8.06. The smallest absolute Gasteiger partial charge is 0.191 e. The molecule has 8 heteroatoms. The maximum absolute atomic E-state index is 5.92. The van der Waals surface area contributed by atoms with Gasteiger partial charge >= 0.3 is 0 Å². The molecule has 0 radical (unpaired) electrons. The third-order valence-corrected chi connectivity index (χ3v) is 5.63. The van der Waals surface area contributed by atoms with Crippen molar-refractivity contribution in [3.63, 3.8) is 0 Å². The molecule has 2 unspecified atom stereocenters. The fourth-order valence-electron chi connectivity index (χ4n) is 4.03. The first-order chi connectivity index (χ1) is 11.7. The van der Waals surface area contributed by atoms with Crippen LogP contribution >= 0.6 is 24.0 Å². The Morgan fingerprint density at radius 2 is 2.24 bits per heavy atom. The minimum absolute atomic E-state index is 0. The normalized spacial score (nSPS) is 24.2. The Morgan fingerprint density at radius 3 is 2.84 bits per heavy atom. The predicted molar refractivity (Wildman–Crippen MR) is 109 cm³/mol. The van der Waals surface area contributed by atoms with Gasteiger partial charge in [-0.15, -0.1) is 34.2 Å². The van der Waals surface area contributed by atoms with Crippen LogP contribution in [-0.2, 0) is 17.7 Å². The van der Waals surface area contributed by atoms with Crippen LogP contribution in [0.15, 0.2) is 11.3 Å². The molecular formula is C17H31IN6O. The number of nitrogens with one attached hydrogen (secondary N) is 2. The number of aliphatic imine (C=N–C) groups is 1. The molecule has 7 nitrogen and oxygen atoms in total. The molecule has 2 aliphatic rings. The summed E-state index contributed by atoms with van der Waals surface area (Å²) in [7, 11) is 1.83. The van der Waals surface area contributed by atoms with Crippen molar-refractivity contribution in [1.82, 2.24) is 25.4 Å². The number of nitrogens with zero attached hydrogens (tertiary/aromatic N) is 4. The van der Waals surface area contributed by atoms with Crippen LogP contribution in [0.3, 0.4) is 0 Å². The van der Waals surface area contributed by atoms with Crippen molar-refractivity contribution in [3.8, 4) is 0 Å². The second kappa shape index (κ2) is 9.16. The molecule has 1 heterocycles. The summed E-state index contributed by atoms with van der Waals surface area (Å²) in [5, 5.41) is 15.1. The molecule has 0 aliphatic heterocycles. The number of aromatic nitrogens is 3. The summed E-state index contributed by atoms with van der Waals surface area (Å²) in [6.45, 7) is 6.64. The molecule has 0 bridgehead atoms. The second-order valence-electron chi connectivity index (χ2n) is 6.76. The van der Waals surface area contributed by atoms with Crippen LogP contribution in [-0.4, -0.2) is 53.1 Å². The van der Waals surface area contributed by atoms with E-state index in [4.69, 9.17) is 4.74 Å². The van der Waals surface area contributed by atoms with Gasteiger partial charge in [-0.25, -0.2) is 0 Å². The first-order valence-corrected chi connectivity index (χ1v) is 9.19. The molecule has 0 amide bonds. The van der Waals surface area contributed by atoms with Crippen molar-refractivity contribution in [1.29, 1.82) is 0 Å². The average Bonchev–Trinajstić information content (AvgIpc) is 2.98. The molecule has 142 valence electrons. The number of ether oxygens (including phenoxy) is 1. The summed E-state index contributed by atoms with van der Waals surface area (Å²) >= 11 is 0. The number of guanidine groups is 1. The van der Waals surface area contributed by atoms with Crippen LogP contribution in [0.1, 0.15) is 45.4 Å². The van der Waals surface area contributed by atoms with Crippen LogP contribution < -0.4 is 10.6 Å². The van der Waals surface area contributed by atoms with E-state index in [1.165, 1.54) is 19.3 Å². The van der Waals surface area contributed by atoms with E-state index in [9.17, 15) is 0 Å². The number of aryl methyl sites for hydroxylation is 1. The van der Waals surface area contributed by atoms with Crippen molar-refractivity contribution < 1.29 is 4.74 Å². The van der Waals surface area contributed by atoms with Gasteiger partial charge in [0.05, 0.1) is 6.10 Å². The van der Waals surface area contributed by atoms with Crippen LogP contribution in [0.2, 0.25) is 0 Å². The van der Waals surface area contributed by atoms with Gasteiger partial charge in [-0.3, -0.25) is 4.99 Å². The highest BCUT2D eigenvalue weighted by atomic mass is 127. The van der Waals surface area contributed by atoms with Gasteiger partial charge in [0.1, 0.15) is 12.2 Å².